The van der Waals surface area contributed by atoms with Gasteiger partial charge in [-0.1, -0.05) is 54.6 Å². The number of nitrogens with zero attached hydrogens (tertiary/aromatic N) is 2. The van der Waals surface area contributed by atoms with Crippen LogP contribution in [-0.4, -0.2) is 62.2 Å². The molecular formula is C27H32N2O3. The number of carbonyl (C=O) groups excluding carboxylic acids is 1. The fourth-order valence-corrected chi connectivity index (χ4v) is 4.19. The highest BCUT2D eigenvalue weighted by Gasteiger charge is 2.20. The molecule has 3 aromatic carbocycles. The van der Waals surface area contributed by atoms with Gasteiger partial charge in [-0.05, 0) is 41.0 Å². The van der Waals surface area contributed by atoms with Crippen LogP contribution in [0.3, 0.4) is 0 Å². The first-order valence-electron chi connectivity index (χ1n) is 11.4. The Morgan fingerprint density at radius 1 is 0.906 bits per heavy atom. The van der Waals surface area contributed by atoms with Gasteiger partial charge in [0.1, 0.15) is 12.4 Å². The van der Waals surface area contributed by atoms with Crippen molar-refractivity contribution in [1.29, 1.82) is 0 Å². The van der Waals surface area contributed by atoms with Crippen LogP contribution in [0, 0.1) is 0 Å². The lowest BCUT2D eigenvalue weighted by molar-refractivity contribution is -0.145. The zero-order valence-electron chi connectivity index (χ0n) is 19.0. The van der Waals surface area contributed by atoms with E-state index in [1.165, 1.54) is 5.56 Å². The molecular weight excluding hydrogens is 400 g/mol. The minimum Gasteiger partial charge on any atom is -0.497 e. The first-order valence-corrected chi connectivity index (χ1v) is 11.4. The lowest BCUT2D eigenvalue weighted by Crippen LogP contribution is -2.46. The molecule has 0 saturated carbocycles. The van der Waals surface area contributed by atoms with Gasteiger partial charge in [-0.2, -0.15) is 0 Å². The Morgan fingerprint density at radius 2 is 1.59 bits per heavy atom. The summed E-state index contributed by atoms with van der Waals surface area (Å²) in [5.74, 6) is 0.378. The van der Waals surface area contributed by atoms with Crippen molar-refractivity contribution in [3.8, 4) is 5.75 Å². The van der Waals surface area contributed by atoms with Gasteiger partial charge in [0.05, 0.1) is 13.0 Å². The van der Waals surface area contributed by atoms with E-state index in [0.29, 0.717) is 6.61 Å². The number of fused-ring (bicyclic) bond motifs is 1. The summed E-state index contributed by atoms with van der Waals surface area (Å²) in [5, 5.41) is 2.19. The van der Waals surface area contributed by atoms with Crippen LogP contribution in [0.5, 0.6) is 5.75 Å². The normalized spacial score (nSPS) is 16.1. The second-order valence-electron chi connectivity index (χ2n) is 8.47. The highest BCUT2D eigenvalue weighted by molar-refractivity contribution is 5.86. The molecule has 32 heavy (non-hydrogen) atoms. The van der Waals surface area contributed by atoms with E-state index in [-0.39, 0.29) is 11.9 Å². The maximum absolute atomic E-state index is 12.6. The topological polar surface area (TPSA) is 42.0 Å². The molecule has 1 heterocycles. The highest BCUT2D eigenvalue weighted by Crippen LogP contribution is 2.25. The summed E-state index contributed by atoms with van der Waals surface area (Å²) in [6.07, 6.45) is 0. The van der Waals surface area contributed by atoms with Crippen molar-refractivity contribution in [2.75, 3.05) is 46.4 Å². The SMILES string of the molecule is COc1ccc2cc(C(C)C(=O)OCCN3CCN(Cc4ccccc4)CC3)ccc2c1. The lowest BCUT2D eigenvalue weighted by Gasteiger charge is -2.34. The van der Waals surface area contributed by atoms with Crippen molar-refractivity contribution in [3.63, 3.8) is 0 Å². The molecule has 168 valence electrons. The van der Waals surface area contributed by atoms with E-state index < -0.39 is 0 Å². The van der Waals surface area contributed by atoms with Crippen molar-refractivity contribution >= 4 is 16.7 Å². The van der Waals surface area contributed by atoms with E-state index in [1.807, 2.05) is 37.3 Å². The molecule has 0 N–H and O–H groups in total. The molecule has 1 atom stereocenters. The Morgan fingerprint density at radius 3 is 2.34 bits per heavy atom. The Labute approximate surface area is 190 Å². The Balaban J connectivity index is 1.21. The van der Waals surface area contributed by atoms with Crippen LogP contribution in [0.4, 0.5) is 0 Å². The number of ether oxygens (including phenoxy) is 2. The minimum atomic E-state index is -0.288. The predicted octanol–water partition coefficient (Wildman–Crippen LogP) is 4.31. The van der Waals surface area contributed by atoms with Crippen molar-refractivity contribution in [2.45, 2.75) is 19.4 Å². The molecule has 1 aliphatic rings. The van der Waals surface area contributed by atoms with Gasteiger partial charge in [0, 0.05) is 39.3 Å². The van der Waals surface area contributed by atoms with Crippen LogP contribution in [0.15, 0.2) is 66.7 Å². The Hall–Kier alpha value is -2.89. The van der Waals surface area contributed by atoms with Gasteiger partial charge in [-0.3, -0.25) is 14.6 Å². The third-order valence-electron chi connectivity index (χ3n) is 6.29. The van der Waals surface area contributed by atoms with Crippen molar-refractivity contribution < 1.29 is 14.3 Å². The number of carbonyl (C=O) groups is 1. The maximum Gasteiger partial charge on any atom is 0.313 e. The van der Waals surface area contributed by atoms with E-state index >= 15 is 0 Å². The summed E-state index contributed by atoms with van der Waals surface area (Å²) in [6, 6.07) is 22.7. The number of hydrogen-bond donors (Lipinski definition) is 0. The number of hydrogen-bond acceptors (Lipinski definition) is 5. The van der Waals surface area contributed by atoms with Crippen molar-refractivity contribution in [3.05, 3.63) is 77.9 Å². The average molecular weight is 433 g/mol. The molecule has 5 heteroatoms. The molecule has 0 aromatic heterocycles. The van der Waals surface area contributed by atoms with Crippen molar-refractivity contribution in [1.82, 2.24) is 9.80 Å². The van der Waals surface area contributed by atoms with Crippen molar-refractivity contribution in [2.24, 2.45) is 0 Å². The summed E-state index contributed by atoms with van der Waals surface area (Å²) < 4.78 is 10.9. The summed E-state index contributed by atoms with van der Waals surface area (Å²) >= 11 is 0. The molecule has 0 amide bonds. The number of rotatable bonds is 8. The van der Waals surface area contributed by atoms with Gasteiger partial charge in [0.25, 0.3) is 0 Å². The fraction of sp³-hybridized carbons (Fsp3) is 0.370. The van der Waals surface area contributed by atoms with Gasteiger partial charge in [0.15, 0.2) is 0 Å². The minimum absolute atomic E-state index is 0.166. The Bertz CT molecular complexity index is 1030. The lowest BCUT2D eigenvalue weighted by atomic mass is 9.98. The predicted molar refractivity (Wildman–Crippen MR) is 128 cm³/mol. The zero-order valence-corrected chi connectivity index (χ0v) is 19.0. The van der Waals surface area contributed by atoms with E-state index in [2.05, 4.69) is 46.2 Å². The molecule has 0 bridgehead atoms. The quantitative estimate of drug-likeness (QED) is 0.496. The molecule has 4 rings (SSSR count). The largest absolute Gasteiger partial charge is 0.497 e. The maximum atomic E-state index is 12.6. The molecule has 5 nitrogen and oxygen atoms in total. The number of methoxy groups -OCH3 is 1. The number of benzene rings is 3. The van der Waals surface area contributed by atoms with Gasteiger partial charge in [-0.25, -0.2) is 0 Å². The van der Waals surface area contributed by atoms with E-state index in [4.69, 9.17) is 9.47 Å². The van der Waals surface area contributed by atoms with Gasteiger partial charge >= 0.3 is 5.97 Å². The van der Waals surface area contributed by atoms with Gasteiger partial charge in [0.2, 0.25) is 0 Å². The standard InChI is InChI=1S/C27H32N2O3/c1-21(23-8-9-25-19-26(31-2)11-10-24(25)18-23)27(30)32-17-16-28-12-14-29(15-13-28)20-22-6-4-3-5-7-22/h3-11,18-19,21H,12-17,20H2,1-2H3. The van der Waals surface area contributed by atoms with Crippen LogP contribution < -0.4 is 4.74 Å². The first-order chi connectivity index (χ1) is 15.6. The summed E-state index contributed by atoms with van der Waals surface area (Å²) in [4.78, 5) is 17.5. The third-order valence-corrected chi connectivity index (χ3v) is 6.29. The second kappa shape index (κ2) is 10.6. The summed E-state index contributed by atoms with van der Waals surface area (Å²) in [6.45, 7) is 8.24. The molecule has 0 radical (unpaired) electrons. The smallest absolute Gasteiger partial charge is 0.313 e. The summed E-state index contributed by atoms with van der Waals surface area (Å²) in [5.41, 5.74) is 2.33. The average Bonchev–Trinajstić information content (AvgIpc) is 2.84. The molecule has 0 spiro atoms. The second-order valence-corrected chi connectivity index (χ2v) is 8.47. The molecule has 1 saturated heterocycles. The van der Waals surface area contributed by atoms with E-state index in [0.717, 1.165) is 61.4 Å². The molecule has 1 aliphatic heterocycles. The van der Waals surface area contributed by atoms with Crippen LogP contribution in [0.1, 0.15) is 24.0 Å². The van der Waals surface area contributed by atoms with Crippen LogP contribution in [0.2, 0.25) is 0 Å². The van der Waals surface area contributed by atoms with E-state index in [9.17, 15) is 4.79 Å². The van der Waals surface area contributed by atoms with Crippen LogP contribution in [-0.2, 0) is 16.1 Å². The fourth-order valence-electron chi connectivity index (χ4n) is 4.19. The van der Waals surface area contributed by atoms with Crippen LogP contribution in [0.25, 0.3) is 10.8 Å². The molecule has 0 aliphatic carbocycles. The summed E-state index contributed by atoms with van der Waals surface area (Å²) in [7, 11) is 1.66. The van der Waals surface area contributed by atoms with Gasteiger partial charge < -0.3 is 9.47 Å². The highest BCUT2D eigenvalue weighted by atomic mass is 16.5. The third kappa shape index (κ3) is 5.67. The monoisotopic (exact) mass is 432 g/mol. The zero-order chi connectivity index (χ0) is 22.3. The molecule has 1 unspecified atom stereocenters. The molecule has 3 aromatic rings. The molecule has 1 fully saturated rings. The number of piperazine rings is 1. The van der Waals surface area contributed by atoms with Crippen LogP contribution >= 0.6 is 0 Å². The first kappa shape index (κ1) is 22.3. The number of esters is 1. The van der Waals surface area contributed by atoms with Gasteiger partial charge in [-0.15, -0.1) is 0 Å². The van der Waals surface area contributed by atoms with E-state index in [1.54, 1.807) is 7.11 Å². The Kier molecular flexibility index (Phi) is 7.40.